The minimum absolute atomic E-state index is 0.00944. The van der Waals surface area contributed by atoms with Crippen LogP contribution in [0.2, 0.25) is 5.02 Å². The Bertz CT molecular complexity index is 1230. The van der Waals surface area contributed by atoms with Crippen LogP contribution in [0.1, 0.15) is 27.3 Å². The molecule has 0 fully saturated rings. The molecule has 4 rings (SSSR count). The van der Waals surface area contributed by atoms with Gasteiger partial charge in [0, 0.05) is 26.2 Å². The summed E-state index contributed by atoms with van der Waals surface area (Å²) in [4.78, 5) is 28.1. The normalized spacial score (nSPS) is 13.2. The summed E-state index contributed by atoms with van der Waals surface area (Å²) < 4.78 is 21.4. The third-order valence-corrected chi connectivity index (χ3v) is 6.44. The number of aromatic nitrogens is 1. The maximum Gasteiger partial charge on any atom is 0.274 e. The molecule has 1 aliphatic rings. The van der Waals surface area contributed by atoms with Gasteiger partial charge in [-0.2, -0.15) is 0 Å². The van der Waals surface area contributed by atoms with Gasteiger partial charge in [-0.05, 0) is 39.2 Å². The fourth-order valence-electron chi connectivity index (χ4n) is 3.72. The zero-order valence-corrected chi connectivity index (χ0v) is 19.3. The summed E-state index contributed by atoms with van der Waals surface area (Å²) in [6, 6.07) is 13.7. The van der Waals surface area contributed by atoms with E-state index in [-0.39, 0.29) is 42.1 Å². The summed E-state index contributed by atoms with van der Waals surface area (Å²) in [5, 5.41) is -0.00944. The van der Waals surface area contributed by atoms with Crippen LogP contribution in [0.3, 0.4) is 0 Å². The van der Waals surface area contributed by atoms with Gasteiger partial charge in [-0.25, -0.2) is 4.39 Å². The van der Waals surface area contributed by atoms with E-state index < -0.39 is 11.2 Å². The largest absolute Gasteiger partial charge is 0.483 e. The van der Waals surface area contributed by atoms with Crippen LogP contribution in [0.15, 0.2) is 57.8 Å². The number of hydrogen-bond acceptors (Lipinski definition) is 4. The quantitative estimate of drug-likeness (QED) is 0.531. The van der Waals surface area contributed by atoms with E-state index in [4.69, 9.17) is 22.1 Å². The Morgan fingerprint density at radius 1 is 1.09 bits per heavy atom. The van der Waals surface area contributed by atoms with Gasteiger partial charge in [-0.3, -0.25) is 9.59 Å². The summed E-state index contributed by atoms with van der Waals surface area (Å²) >= 11 is 9.22. The minimum Gasteiger partial charge on any atom is -0.483 e. The third kappa shape index (κ3) is 4.30. The summed E-state index contributed by atoms with van der Waals surface area (Å²) in [5.41, 5.74) is 7.71. The smallest absolute Gasteiger partial charge is 0.274 e. The molecule has 0 aliphatic carbocycles. The van der Waals surface area contributed by atoms with Crippen LogP contribution in [0.4, 0.5) is 4.39 Å². The lowest BCUT2D eigenvalue weighted by Crippen LogP contribution is -2.43. The first-order chi connectivity index (χ1) is 15.4. The SMILES string of the molecule is NCc1c(Br)c(=O)c(OCc2ccccc2)c2n1CCN(Cc1ccc(F)c(Cl)c1)C2=O. The van der Waals surface area contributed by atoms with Gasteiger partial charge in [0.15, 0.2) is 11.4 Å². The molecule has 1 aromatic heterocycles. The number of hydrogen-bond donors (Lipinski definition) is 1. The van der Waals surface area contributed by atoms with Crippen LogP contribution in [0.25, 0.3) is 0 Å². The second-order valence-corrected chi connectivity index (χ2v) is 8.57. The number of fused-ring (bicyclic) bond motifs is 1. The van der Waals surface area contributed by atoms with Crippen molar-refractivity contribution in [3.05, 3.63) is 96.6 Å². The first-order valence-corrected chi connectivity index (χ1v) is 11.1. The fourth-order valence-corrected chi connectivity index (χ4v) is 4.48. The average molecular weight is 521 g/mol. The number of halogens is 3. The van der Waals surface area contributed by atoms with E-state index in [1.165, 1.54) is 12.1 Å². The third-order valence-electron chi connectivity index (χ3n) is 5.33. The number of carbonyl (C=O) groups is 1. The van der Waals surface area contributed by atoms with E-state index in [0.717, 1.165) is 5.56 Å². The van der Waals surface area contributed by atoms with Crippen molar-refractivity contribution < 1.29 is 13.9 Å². The van der Waals surface area contributed by atoms with E-state index in [9.17, 15) is 14.0 Å². The molecule has 166 valence electrons. The number of carbonyl (C=O) groups excluding carboxylic acids is 1. The Hall–Kier alpha value is -2.68. The van der Waals surface area contributed by atoms with Gasteiger partial charge in [0.25, 0.3) is 5.91 Å². The second-order valence-electron chi connectivity index (χ2n) is 7.37. The van der Waals surface area contributed by atoms with Gasteiger partial charge < -0.3 is 19.9 Å². The molecule has 0 saturated heterocycles. The molecule has 2 N–H and O–H groups in total. The number of amides is 1. The van der Waals surface area contributed by atoms with Crippen LogP contribution in [0.5, 0.6) is 5.75 Å². The van der Waals surface area contributed by atoms with Crippen LogP contribution < -0.4 is 15.9 Å². The molecule has 2 aromatic carbocycles. The van der Waals surface area contributed by atoms with E-state index in [1.54, 1.807) is 15.5 Å². The van der Waals surface area contributed by atoms with E-state index >= 15 is 0 Å². The van der Waals surface area contributed by atoms with Crippen molar-refractivity contribution in [1.29, 1.82) is 0 Å². The molecule has 0 bridgehead atoms. The first kappa shape index (κ1) is 22.5. The molecule has 1 aliphatic heterocycles. The fraction of sp³-hybridized carbons (Fsp3) is 0.217. The van der Waals surface area contributed by atoms with Crippen LogP contribution in [-0.2, 0) is 26.2 Å². The van der Waals surface area contributed by atoms with Crippen molar-refractivity contribution in [2.75, 3.05) is 6.54 Å². The van der Waals surface area contributed by atoms with Crippen LogP contribution in [0, 0.1) is 5.82 Å². The van der Waals surface area contributed by atoms with Crippen molar-refractivity contribution >= 4 is 33.4 Å². The molecule has 0 saturated carbocycles. The Kier molecular flexibility index (Phi) is 6.64. The molecule has 0 spiro atoms. The molecule has 9 heteroatoms. The molecule has 0 radical (unpaired) electrons. The predicted molar refractivity (Wildman–Crippen MR) is 123 cm³/mol. The Morgan fingerprint density at radius 3 is 2.53 bits per heavy atom. The van der Waals surface area contributed by atoms with Gasteiger partial charge in [-0.15, -0.1) is 0 Å². The Labute approximate surface area is 197 Å². The lowest BCUT2D eigenvalue weighted by molar-refractivity contribution is 0.0678. The molecule has 0 atom stereocenters. The predicted octanol–water partition coefficient (Wildman–Crippen LogP) is 4.10. The maximum absolute atomic E-state index is 13.5. The summed E-state index contributed by atoms with van der Waals surface area (Å²) in [6.07, 6.45) is 0. The Morgan fingerprint density at radius 2 is 1.84 bits per heavy atom. The number of rotatable bonds is 6. The number of pyridine rings is 1. The number of nitrogens with two attached hydrogens (primary N) is 1. The molecule has 2 heterocycles. The highest BCUT2D eigenvalue weighted by molar-refractivity contribution is 9.10. The van der Waals surface area contributed by atoms with E-state index in [2.05, 4.69) is 15.9 Å². The van der Waals surface area contributed by atoms with Crippen LogP contribution in [-0.4, -0.2) is 21.9 Å². The van der Waals surface area contributed by atoms with E-state index in [1.807, 2.05) is 30.3 Å². The van der Waals surface area contributed by atoms with Gasteiger partial charge in [0.05, 0.1) is 15.2 Å². The summed E-state index contributed by atoms with van der Waals surface area (Å²) in [7, 11) is 0. The topological polar surface area (TPSA) is 77.6 Å². The van der Waals surface area contributed by atoms with Crippen molar-refractivity contribution in [3.63, 3.8) is 0 Å². The zero-order valence-electron chi connectivity index (χ0n) is 17.0. The second kappa shape index (κ2) is 9.44. The number of nitrogens with zero attached hydrogens (tertiary/aromatic N) is 2. The van der Waals surface area contributed by atoms with Gasteiger partial charge in [-0.1, -0.05) is 48.0 Å². The monoisotopic (exact) mass is 519 g/mol. The lowest BCUT2D eigenvalue weighted by atomic mass is 10.1. The lowest BCUT2D eigenvalue weighted by Gasteiger charge is -2.33. The van der Waals surface area contributed by atoms with Gasteiger partial charge in [0.1, 0.15) is 12.4 Å². The zero-order chi connectivity index (χ0) is 22.8. The molecule has 6 nitrogen and oxygen atoms in total. The highest BCUT2D eigenvalue weighted by atomic mass is 79.9. The molecule has 3 aromatic rings. The van der Waals surface area contributed by atoms with Crippen LogP contribution >= 0.6 is 27.5 Å². The van der Waals surface area contributed by atoms with E-state index in [0.29, 0.717) is 28.8 Å². The summed E-state index contributed by atoms with van der Waals surface area (Å²) in [6.45, 7) is 1.27. The Balaban J connectivity index is 1.72. The molecule has 0 unspecified atom stereocenters. The summed E-state index contributed by atoms with van der Waals surface area (Å²) in [5.74, 6) is -0.907. The molecule has 1 amide bonds. The minimum atomic E-state index is -0.522. The van der Waals surface area contributed by atoms with Crippen molar-refractivity contribution in [1.82, 2.24) is 9.47 Å². The average Bonchev–Trinajstić information content (AvgIpc) is 2.79. The highest BCUT2D eigenvalue weighted by Gasteiger charge is 2.32. The highest BCUT2D eigenvalue weighted by Crippen LogP contribution is 2.28. The molecular formula is C23H20BrClFN3O3. The van der Waals surface area contributed by atoms with Gasteiger partial charge >= 0.3 is 0 Å². The van der Waals surface area contributed by atoms with Crippen molar-refractivity contribution in [2.45, 2.75) is 26.2 Å². The first-order valence-electron chi connectivity index (χ1n) is 9.96. The number of benzene rings is 2. The molecular weight excluding hydrogens is 501 g/mol. The van der Waals surface area contributed by atoms with Crippen molar-refractivity contribution in [3.8, 4) is 5.75 Å². The maximum atomic E-state index is 13.5. The standard InChI is InChI=1S/C23H20BrClFN3O3/c24-19-18(11-27)29-9-8-28(12-15-6-7-17(26)16(25)10-15)23(31)20(29)22(21(19)30)32-13-14-4-2-1-3-5-14/h1-7,10H,8-9,11-13,27H2. The van der Waals surface area contributed by atoms with Crippen molar-refractivity contribution in [2.24, 2.45) is 5.73 Å². The molecule has 32 heavy (non-hydrogen) atoms. The van der Waals surface area contributed by atoms with Gasteiger partial charge in [0.2, 0.25) is 5.43 Å². The number of ether oxygens (including phenoxy) is 1.